The predicted molar refractivity (Wildman–Crippen MR) is 130 cm³/mol. The van der Waals surface area contributed by atoms with Crippen LogP contribution < -0.4 is 16.0 Å². The highest BCUT2D eigenvalue weighted by Gasteiger charge is 2.24. The Hall–Kier alpha value is -4.46. The number of fused-ring (bicyclic) bond motifs is 1. The van der Waals surface area contributed by atoms with Gasteiger partial charge in [0.1, 0.15) is 17.9 Å². The molecule has 3 heterocycles. The number of aromatic nitrogens is 4. The molecule has 2 aromatic carbocycles. The molecular formula is C26H22FN5O2. The summed E-state index contributed by atoms with van der Waals surface area (Å²) >= 11 is 0. The van der Waals surface area contributed by atoms with Crippen LogP contribution in [0.1, 0.15) is 16.7 Å². The average Bonchev–Trinajstić information content (AvgIpc) is 3.12. The lowest BCUT2D eigenvalue weighted by Crippen LogP contribution is -2.12. The third-order valence-electron chi connectivity index (χ3n) is 5.72. The van der Waals surface area contributed by atoms with Crippen LogP contribution in [-0.4, -0.2) is 19.5 Å². The van der Waals surface area contributed by atoms with Crippen LogP contribution in [0.4, 0.5) is 10.1 Å². The van der Waals surface area contributed by atoms with E-state index in [-0.39, 0.29) is 16.8 Å². The van der Waals surface area contributed by atoms with Gasteiger partial charge >= 0.3 is 0 Å². The molecule has 0 saturated carbocycles. The highest BCUT2D eigenvalue weighted by Crippen LogP contribution is 2.36. The average molecular weight is 455 g/mol. The molecule has 0 fully saturated rings. The zero-order chi connectivity index (χ0) is 23.8. The summed E-state index contributed by atoms with van der Waals surface area (Å²) in [7, 11) is 0. The Morgan fingerprint density at radius 2 is 1.88 bits per heavy atom. The quantitative estimate of drug-likeness (QED) is 0.401. The van der Waals surface area contributed by atoms with Crippen molar-refractivity contribution >= 4 is 16.7 Å². The number of benzene rings is 2. The minimum Gasteiger partial charge on any atom is -0.489 e. The number of hydrogen-bond acceptors (Lipinski definition) is 5. The summed E-state index contributed by atoms with van der Waals surface area (Å²) in [5.74, 6) is -0.159. The summed E-state index contributed by atoms with van der Waals surface area (Å²) in [6, 6.07) is 16.0. The van der Waals surface area contributed by atoms with Gasteiger partial charge in [0.25, 0.3) is 5.56 Å². The van der Waals surface area contributed by atoms with Gasteiger partial charge in [-0.3, -0.25) is 14.3 Å². The molecule has 0 amide bonds. The van der Waals surface area contributed by atoms with E-state index in [0.29, 0.717) is 40.5 Å². The molecule has 3 N–H and O–H groups in total. The Labute approximate surface area is 194 Å². The molecule has 5 aromatic rings. The Morgan fingerprint density at radius 3 is 2.62 bits per heavy atom. The summed E-state index contributed by atoms with van der Waals surface area (Å²) in [4.78, 5) is 24.3. The number of nitrogens with zero attached hydrogens (tertiary/aromatic N) is 3. The molecule has 0 aliphatic rings. The highest BCUT2D eigenvalue weighted by atomic mass is 19.1. The number of rotatable bonds is 5. The smallest absolute Gasteiger partial charge is 0.275 e. The topological polar surface area (TPSA) is 98.8 Å². The van der Waals surface area contributed by atoms with E-state index in [1.165, 1.54) is 18.6 Å². The van der Waals surface area contributed by atoms with Crippen LogP contribution >= 0.6 is 0 Å². The number of aromatic amines is 1. The first-order chi connectivity index (χ1) is 16.4. The molecule has 170 valence electrons. The van der Waals surface area contributed by atoms with Crippen molar-refractivity contribution in [1.29, 1.82) is 0 Å². The van der Waals surface area contributed by atoms with E-state index in [1.807, 2.05) is 44.2 Å². The summed E-state index contributed by atoms with van der Waals surface area (Å²) in [6.07, 6.45) is 2.88. The van der Waals surface area contributed by atoms with Gasteiger partial charge in [-0.25, -0.2) is 9.37 Å². The fourth-order valence-corrected chi connectivity index (χ4v) is 4.13. The van der Waals surface area contributed by atoms with Crippen LogP contribution in [0.25, 0.3) is 28.1 Å². The molecule has 0 saturated heterocycles. The van der Waals surface area contributed by atoms with Crippen LogP contribution in [0, 0.1) is 19.7 Å². The monoisotopic (exact) mass is 455 g/mol. The molecular weight excluding hydrogens is 433 g/mol. The molecule has 0 atom stereocenters. The number of pyridine rings is 1. The predicted octanol–water partition coefficient (Wildman–Crippen LogP) is 4.69. The van der Waals surface area contributed by atoms with Crippen molar-refractivity contribution in [3.8, 4) is 22.8 Å². The number of nitrogens with two attached hydrogens (primary N) is 1. The second kappa shape index (κ2) is 8.47. The van der Waals surface area contributed by atoms with Crippen LogP contribution in [0.2, 0.25) is 0 Å². The maximum atomic E-state index is 15.5. The van der Waals surface area contributed by atoms with Gasteiger partial charge in [0, 0.05) is 11.6 Å². The number of halogens is 1. The van der Waals surface area contributed by atoms with Gasteiger partial charge in [0.2, 0.25) is 0 Å². The van der Waals surface area contributed by atoms with E-state index in [1.54, 1.807) is 22.8 Å². The van der Waals surface area contributed by atoms with E-state index >= 15 is 4.39 Å². The lowest BCUT2D eigenvalue weighted by molar-refractivity contribution is 0.304. The molecule has 0 aliphatic heterocycles. The van der Waals surface area contributed by atoms with Crippen molar-refractivity contribution in [2.75, 3.05) is 5.73 Å². The third kappa shape index (κ3) is 3.69. The number of aryl methyl sites for hydroxylation is 2. The minimum atomic E-state index is -0.542. The van der Waals surface area contributed by atoms with E-state index in [0.717, 1.165) is 11.1 Å². The number of nitrogens with one attached hydrogen (secondary N) is 1. The van der Waals surface area contributed by atoms with Crippen molar-refractivity contribution in [2.24, 2.45) is 0 Å². The number of ether oxygens (including phenoxy) is 1. The Morgan fingerprint density at radius 1 is 1.09 bits per heavy atom. The first-order valence-electron chi connectivity index (χ1n) is 10.7. The molecule has 8 heteroatoms. The van der Waals surface area contributed by atoms with E-state index < -0.39 is 5.82 Å². The number of nitrogen functional groups attached to an aromatic ring is 1. The standard InChI is InChI=1S/C26H22FN5O2/c1-15-10-18(28)12-29-22(15)24-16(2)23-25(26(33)31-14-30-23)32(24)21-9-8-19(11-20(21)27)34-13-17-6-4-3-5-7-17/h3-12,14H,13,28H2,1-2H3,(H,30,31,33). The largest absolute Gasteiger partial charge is 0.489 e. The molecule has 7 nitrogen and oxygen atoms in total. The Kier molecular flexibility index (Phi) is 5.33. The SMILES string of the molecule is Cc1cc(N)cnc1-c1c(C)c2nc[nH]c(=O)c2n1-c1ccc(OCc2ccccc2)cc1F. The Balaban J connectivity index is 1.67. The fraction of sp³-hybridized carbons (Fsp3) is 0.115. The first kappa shape index (κ1) is 21.4. The molecule has 0 spiro atoms. The van der Waals surface area contributed by atoms with Gasteiger partial charge < -0.3 is 15.5 Å². The van der Waals surface area contributed by atoms with Crippen molar-refractivity contribution in [2.45, 2.75) is 20.5 Å². The van der Waals surface area contributed by atoms with E-state index in [9.17, 15) is 4.79 Å². The molecule has 0 aliphatic carbocycles. The number of H-pyrrole nitrogens is 1. The second-order valence-corrected chi connectivity index (χ2v) is 8.06. The number of anilines is 1. The zero-order valence-electron chi connectivity index (χ0n) is 18.7. The molecule has 3 aromatic heterocycles. The van der Waals surface area contributed by atoms with Gasteiger partial charge in [0.15, 0.2) is 5.82 Å². The van der Waals surface area contributed by atoms with Crippen LogP contribution in [0.3, 0.4) is 0 Å². The summed E-state index contributed by atoms with van der Waals surface area (Å²) < 4.78 is 22.9. The Bertz CT molecular complexity index is 1570. The van der Waals surface area contributed by atoms with Gasteiger partial charge in [-0.05, 0) is 43.2 Å². The van der Waals surface area contributed by atoms with Crippen LogP contribution in [-0.2, 0) is 6.61 Å². The maximum absolute atomic E-state index is 15.5. The lowest BCUT2D eigenvalue weighted by atomic mass is 10.1. The van der Waals surface area contributed by atoms with Crippen molar-refractivity contribution in [3.63, 3.8) is 0 Å². The molecule has 34 heavy (non-hydrogen) atoms. The van der Waals surface area contributed by atoms with Gasteiger partial charge in [-0.2, -0.15) is 0 Å². The maximum Gasteiger partial charge on any atom is 0.275 e. The fourth-order valence-electron chi connectivity index (χ4n) is 4.13. The number of hydrogen-bond donors (Lipinski definition) is 2. The normalized spacial score (nSPS) is 11.1. The summed E-state index contributed by atoms with van der Waals surface area (Å²) in [6.45, 7) is 4.02. The van der Waals surface area contributed by atoms with Gasteiger partial charge in [0.05, 0.1) is 40.8 Å². The zero-order valence-corrected chi connectivity index (χ0v) is 18.7. The van der Waals surface area contributed by atoms with Crippen molar-refractivity contribution in [1.82, 2.24) is 19.5 Å². The third-order valence-corrected chi connectivity index (χ3v) is 5.72. The minimum absolute atomic E-state index is 0.191. The van der Waals surface area contributed by atoms with Gasteiger partial charge in [-0.15, -0.1) is 0 Å². The van der Waals surface area contributed by atoms with Crippen molar-refractivity contribution < 1.29 is 9.13 Å². The van der Waals surface area contributed by atoms with E-state index in [4.69, 9.17) is 10.5 Å². The molecule has 0 unspecified atom stereocenters. The first-order valence-corrected chi connectivity index (χ1v) is 10.7. The lowest BCUT2D eigenvalue weighted by Gasteiger charge is -2.15. The molecule has 0 radical (unpaired) electrons. The van der Waals surface area contributed by atoms with E-state index in [2.05, 4.69) is 15.0 Å². The summed E-state index contributed by atoms with van der Waals surface area (Å²) in [5, 5.41) is 0. The highest BCUT2D eigenvalue weighted by molar-refractivity contribution is 5.90. The van der Waals surface area contributed by atoms with Crippen molar-refractivity contribution in [3.05, 3.63) is 100.0 Å². The second-order valence-electron chi connectivity index (χ2n) is 8.06. The molecule has 0 bridgehead atoms. The van der Waals surface area contributed by atoms with Crippen LogP contribution in [0.15, 0.2) is 71.9 Å². The summed E-state index contributed by atoms with van der Waals surface area (Å²) in [5.41, 5.74) is 10.6. The van der Waals surface area contributed by atoms with Crippen LogP contribution in [0.5, 0.6) is 5.75 Å². The molecule has 5 rings (SSSR count). The van der Waals surface area contributed by atoms with Gasteiger partial charge in [-0.1, -0.05) is 30.3 Å².